The van der Waals surface area contributed by atoms with E-state index >= 15 is 0 Å². The first-order chi connectivity index (χ1) is 8.01. The molecule has 0 saturated carbocycles. The number of rotatable bonds is 6. The van der Waals surface area contributed by atoms with E-state index in [1.54, 1.807) is 11.3 Å². The van der Waals surface area contributed by atoms with Crippen LogP contribution in [0.3, 0.4) is 0 Å². The first-order valence-corrected chi connectivity index (χ1v) is 6.44. The summed E-state index contributed by atoms with van der Waals surface area (Å²) in [6.07, 6.45) is -0.561. The lowest BCUT2D eigenvalue weighted by atomic mass is 9.91. The highest BCUT2D eigenvalue weighted by Crippen LogP contribution is 2.26. The Hall–Kier alpha value is -0.910. The second-order valence-electron chi connectivity index (χ2n) is 4.54. The van der Waals surface area contributed by atoms with Crippen LogP contribution in [-0.2, 0) is 14.9 Å². The number of nitrogens with one attached hydrogen (secondary N) is 1. The van der Waals surface area contributed by atoms with Crippen LogP contribution in [0.5, 0.6) is 0 Å². The summed E-state index contributed by atoms with van der Waals surface area (Å²) in [7, 11) is 1.49. The van der Waals surface area contributed by atoms with Gasteiger partial charge in [0.05, 0.1) is 0 Å². The van der Waals surface area contributed by atoms with Crippen LogP contribution in [0.4, 0.5) is 0 Å². The largest absolute Gasteiger partial charge is 0.370 e. The molecule has 1 unspecified atom stereocenters. The average molecular weight is 256 g/mol. The summed E-state index contributed by atoms with van der Waals surface area (Å²) in [4.78, 5) is 13.0. The zero-order valence-corrected chi connectivity index (χ0v) is 11.3. The molecule has 96 valence electrons. The van der Waals surface area contributed by atoms with E-state index in [2.05, 4.69) is 25.2 Å². The van der Waals surface area contributed by atoms with E-state index in [0.717, 1.165) is 0 Å². The number of ether oxygens (including phenoxy) is 1. The SMILES string of the molecule is COC(CN)C(=O)NCC(C)(C)c1cccs1. The second kappa shape index (κ2) is 6.14. The summed E-state index contributed by atoms with van der Waals surface area (Å²) >= 11 is 1.69. The molecule has 17 heavy (non-hydrogen) atoms. The summed E-state index contributed by atoms with van der Waals surface area (Å²) in [6.45, 7) is 4.97. The molecule has 0 fully saturated rings. The normalized spacial score (nSPS) is 13.4. The molecule has 1 aromatic heterocycles. The third-order valence-corrected chi connectivity index (χ3v) is 3.92. The van der Waals surface area contributed by atoms with E-state index in [4.69, 9.17) is 10.5 Å². The molecule has 0 bridgehead atoms. The van der Waals surface area contributed by atoms with Gasteiger partial charge in [-0.3, -0.25) is 4.79 Å². The molecular formula is C12H20N2O2S. The fourth-order valence-corrected chi connectivity index (χ4v) is 2.34. The zero-order chi connectivity index (χ0) is 12.9. The van der Waals surface area contributed by atoms with Gasteiger partial charge < -0.3 is 15.8 Å². The number of hydrogen-bond donors (Lipinski definition) is 2. The molecule has 0 aliphatic carbocycles. The van der Waals surface area contributed by atoms with Gasteiger partial charge >= 0.3 is 0 Å². The Labute approximate surface area is 106 Å². The molecule has 0 aromatic carbocycles. The van der Waals surface area contributed by atoms with Crippen LogP contribution in [0.1, 0.15) is 18.7 Å². The Balaban J connectivity index is 2.53. The Morgan fingerprint density at radius 3 is 2.82 bits per heavy atom. The first-order valence-electron chi connectivity index (χ1n) is 5.56. The van der Waals surface area contributed by atoms with Gasteiger partial charge in [-0.15, -0.1) is 11.3 Å². The monoisotopic (exact) mass is 256 g/mol. The summed E-state index contributed by atoms with van der Waals surface area (Å²) in [5.41, 5.74) is 5.36. The molecule has 0 aliphatic heterocycles. The maximum absolute atomic E-state index is 11.7. The Kier molecular flexibility index (Phi) is 5.11. The Morgan fingerprint density at radius 2 is 2.35 bits per heavy atom. The highest BCUT2D eigenvalue weighted by atomic mass is 32.1. The second-order valence-corrected chi connectivity index (χ2v) is 5.49. The number of methoxy groups -OCH3 is 1. The maximum Gasteiger partial charge on any atom is 0.250 e. The van der Waals surface area contributed by atoms with Crippen molar-refractivity contribution in [3.05, 3.63) is 22.4 Å². The van der Waals surface area contributed by atoms with Crippen molar-refractivity contribution in [2.45, 2.75) is 25.4 Å². The summed E-state index contributed by atoms with van der Waals surface area (Å²) in [5, 5.41) is 4.91. The van der Waals surface area contributed by atoms with Crippen LogP contribution < -0.4 is 11.1 Å². The van der Waals surface area contributed by atoms with Gasteiger partial charge in [0.1, 0.15) is 6.10 Å². The molecular weight excluding hydrogens is 236 g/mol. The molecule has 1 atom stereocenters. The molecule has 4 nitrogen and oxygen atoms in total. The molecule has 1 rings (SSSR count). The number of carbonyl (C=O) groups is 1. The number of carbonyl (C=O) groups excluding carboxylic acids is 1. The molecule has 0 aliphatic rings. The number of thiophene rings is 1. The molecule has 3 N–H and O–H groups in total. The minimum absolute atomic E-state index is 0.0727. The fourth-order valence-electron chi connectivity index (χ4n) is 1.48. The topological polar surface area (TPSA) is 64.3 Å². The third-order valence-electron chi connectivity index (χ3n) is 2.68. The molecule has 1 heterocycles. The van der Waals surface area contributed by atoms with E-state index in [1.807, 2.05) is 11.4 Å². The predicted octanol–water partition coefficient (Wildman–Crippen LogP) is 1.12. The third kappa shape index (κ3) is 3.80. The average Bonchev–Trinajstić information content (AvgIpc) is 2.82. The Morgan fingerprint density at radius 1 is 1.65 bits per heavy atom. The van der Waals surface area contributed by atoms with E-state index in [1.165, 1.54) is 12.0 Å². The molecule has 5 heteroatoms. The summed E-state index contributed by atoms with van der Waals surface area (Å²) in [6, 6.07) is 4.09. The van der Waals surface area contributed by atoms with Crippen molar-refractivity contribution in [1.29, 1.82) is 0 Å². The van der Waals surface area contributed by atoms with Gasteiger partial charge in [0.25, 0.3) is 0 Å². The lowest BCUT2D eigenvalue weighted by Gasteiger charge is -2.24. The van der Waals surface area contributed by atoms with Crippen molar-refractivity contribution in [3.63, 3.8) is 0 Å². The van der Waals surface area contributed by atoms with Crippen molar-refractivity contribution >= 4 is 17.2 Å². The number of amides is 1. The molecule has 1 amide bonds. The number of nitrogens with two attached hydrogens (primary N) is 1. The van der Waals surface area contributed by atoms with Crippen molar-refractivity contribution in [2.24, 2.45) is 5.73 Å². The number of hydrogen-bond acceptors (Lipinski definition) is 4. The highest BCUT2D eigenvalue weighted by Gasteiger charge is 2.24. The summed E-state index contributed by atoms with van der Waals surface area (Å²) in [5.74, 6) is -0.153. The zero-order valence-electron chi connectivity index (χ0n) is 10.5. The maximum atomic E-state index is 11.7. The van der Waals surface area contributed by atoms with Crippen LogP contribution >= 0.6 is 11.3 Å². The van der Waals surface area contributed by atoms with Gasteiger partial charge in [-0.1, -0.05) is 19.9 Å². The molecule has 0 radical (unpaired) electrons. The van der Waals surface area contributed by atoms with Crippen LogP contribution in [0.25, 0.3) is 0 Å². The van der Waals surface area contributed by atoms with E-state index in [0.29, 0.717) is 6.54 Å². The lowest BCUT2D eigenvalue weighted by Crippen LogP contribution is -2.44. The molecule has 0 saturated heterocycles. The highest BCUT2D eigenvalue weighted by molar-refractivity contribution is 7.10. The van der Waals surface area contributed by atoms with Crippen molar-refractivity contribution in [3.8, 4) is 0 Å². The molecule has 1 aromatic rings. The van der Waals surface area contributed by atoms with Crippen molar-refractivity contribution in [2.75, 3.05) is 20.2 Å². The van der Waals surface area contributed by atoms with E-state index < -0.39 is 6.10 Å². The van der Waals surface area contributed by atoms with Gasteiger partial charge in [-0.05, 0) is 11.4 Å². The predicted molar refractivity (Wildman–Crippen MR) is 70.2 cm³/mol. The van der Waals surface area contributed by atoms with Gasteiger partial charge in [-0.25, -0.2) is 0 Å². The molecule has 0 spiro atoms. The fraction of sp³-hybridized carbons (Fsp3) is 0.583. The minimum atomic E-state index is -0.561. The van der Waals surface area contributed by atoms with Crippen molar-refractivity contribution < 1.29 is 9.53 Å². The van der Waals surface area contributed by atoms with E-state index in [-0.39, 0.29) is 17.9 Å². The van der Waals surface area contributed by atoms with Gasteiger partial charge in [0.15, 0.2) is 0 Å². The van der Waals surface area contributed by atoms with Crippen molar-refractivity contribution in [1.82, 2.24) is 5.32 Å². The Bertz CT molecular complexity index is 345. The van der Waals surface area contributed by atoms with Gasteiger partial charge in [0.2, 0.25) is 5.91 Å². The first kappa shape index (κ1) is 14.2. The van der Waals surface area contributed by atoms with Crippen LogP contribution in [0, 0.1) is 0 Å². The van der Waals surface area contributed by atoms with Crippen LogP contribution in [-0.4, -0.2) is 32.2 Å². The van der Waals surface area contributed by atoms with Gasteiger partial charge in [0, 0.05) is 30.5 Å². The van der Waals surface area contributed by atoms with Crippen LogP contribution in [0.15, 0.2) is 17.5 Å². The van der Waals surface area contributed by atoms with Crippen LogP contribution in [0.2, 0.25) is 0 Å². The van der Waals surface area contributed by atoms with Gasteiger partial charge in [-0.2, -0.15) is 0 Å². The standard InChI is InChI=1S/C12H20N2O2S/c1-12(2,10-5-4-6-17-10)8-14-11(15)9(7-13)16-3/h4-6,9H,7-8,13H2,1-3H3,(H,14,15). The summed E-state index contributed by atoms with van der Waals surface area (Å²) < 4.78 is 4.98. The van der Waals surface area contributed by atoms with E-state index in [9.17, 15) is 4.79 Å². The lowest BCUT2D eigenvalue weighted by molar-refractivity contribution is -0.130. The smallest absolute Gasteiger partial charge is 0.250 e. The minimum Gasteiger partial charge on any atom is -0.370 e. The quantitative estimate of drug-likeness (QED) is 0.801.